The fourth-order valence-electron chi connectivity index (χ4n) is 2.88. The molecule has 1 atom stereocenters. The van der Waals surface area contributed by atoms with Gasteiger partial charge in [0.2, 0.25) is 5.91 Å². The van der Waals surface area contributed by atoms with Gasteiger partial charge in [0.05, 0.1) is 0 Å². The number of urea groups is 1. The maximum atomic E-state index is 12.2. The molecule has 7 heteroatoms. The number of amides is 4. The van der Waals surface area contributed by atoms with Crippen LogP contribution >= 0.6 is 0 Å². The normalized spacial score (nSPS) is 20.0. The third-order valence-corrected chi connectivity index (χ3v) is 4.28. The fourth-order valence-corrected chi connectivity index (χ4v) is 2.88. The van der Waals surface area contributed by atoms with Crippen molar-refractivity contribution < 1.29 is 14.4 Å². The van der Waals surface area contributed by atoms with Crippen LogP contribution in [-0.4, -0.2) is 47.9 Å². The van der Waals surface area contributed by atoms with Crippen molar-refractivity contribution in [3.63, 3.8) is 0 Å². The molecule has 7 nitrogen and oxygen atoms in total. The van der Waals surface area contributed by atoms with E-state index in [4.69, 9.17) is 0 Å². The quantitative estimate of drug-likeness (QED) is 0.760. The summed E-state index contributed by atoms with van der Waals surface area (Å²) >= 11 is 0. The molecule has 1 unspecified atom stereocenters. The Bertz CT molecular complexity index is 640. The minimum Gasteiger partial charge on any atom is -0.352 e. The lowest BCUT2D eigenvalue weighted by Gasteiger charge is -2.16. The molecule has 1 aliphatic carbocycles. The standard InChI is InChI=1S/C17H22N4O3/c1-2-18-15(22)11-3-5-12(6-4-11)19-17(24)20-14-9-10-21(16(14)23)13-7-8-13/h3-6,13-14H,2,7-10H2,1H3,(H,18,22)(H2,19,20,24). The number of hydrogen-bond donors (Lipinski definition) is 3. The Kier molecular flexibility index (Phi) is 4.69. The summed E-state index contributed by atoms with van der Waals surface area (Å²) in [7, 11) is 0. The van der Waals surface area contributed by atoms with Crippen molar-refractivity contribution in [2.24, 2.45) is 0 Å². The molecule has 1 heterocycles. The first kappa shape index (κ1) is 16.3. The van der Waals surface area contributed by atoms with Gasteiger partial charge in [0.15, 0.2) is 0 Å². The zero-order valence-corrected chi connectivity index (χ0v) is 13.7. The van der Waals surface area contributed by atoms with Crippen LogP contribution < -0.4 is 16.0 Å². The Labute approximate surface area is 140 Å². The summed E-state index contributed by atoms with van der Waals surface area (Å²) in [6, 6.07) is 6.16. The smallest absolute Gasteiger partial charge is 0.319 e. The Morgan fingerprint density at radius 1 is 1.17 bits per heavy atom. The maximum Gasteiger partial charge on any atom is 0.319 e. The number of nitrogens with one attached hydrogen (secondary N) is 3. The van der Waals surface area contributed by atoms with Gasteiger partial charge in [-0.1, -0.05) is 0 Å². The molecule has 1 aromatic rings. The molecular formula is C17H22N4O3. The van der Waals surface area contributed by atoms with Gasteiger partial charge in [-0.25, -0.2) is 4.79 Å². The molecule has 1 aromatic carbocycles. The molecule has 1 aliphatic heterocycles. The van der Waals surface area contributed by atoms with Gasteiger partial charge in [0.1, 0.15) is 6.04 Å². The second-order valence-electron chi connectivity index (χ2n) is 6.14. The fraction of sp³-hybridized carbons (Fsp3) is 0.471. The molecule has 4 amide bonds. The van der Waals surface area contributed by atoms with Gasteiger partial charge < -0.3 is 20.9 Å². The number of nitrogens with zero attached hydrogens (tertiary/aromatic N) is 1. The Hall–Kier alpha value is -2.57. The van der Waals surface area contributed by atoms with Gasteiger partial charge in [0.25, 0.3) is 5.91 Å². The van der Waals surface area contributed by atoms with E-state index in [-0.39, 0.29) is 11.8 Å². The summed E-state index contributed by atoms with van der Waals surface area (Å²) in [5.41, 5.74) is 1.11. The molecule has 1 saturated heterocycles. The molecule has 3 N–H and O–H groups in total. The maximum absolute atomic E-state index is 12.2. The Balaban J connectivity index is 1.51. The molecule has 2 aliphatic rings. The van der Waals surface area contributed by atoms with Gasteiger partial charge >= 0.3 is 6.03 Å². The van der Waals surface area contributed by atoms with Gasteiger partial charge in [-0.2, -0.15) is 0 Å². The van der Waals surface area contributed by atoms with E-state index in [1.54, 1.807) is 24.3 Å². The molecule has 2 fully saturated rings. The van der Waals surface area contributed by atoms with Crippen LogP contribution in [0.15, 0.2) is 24.3 Å². The third-order valence-electron chi connectivity index (χ3n) is 4.28. The highest BCUT2D eigenvalue weighted by atomic mass is 16.2. The van der Waals surface area contributed by atoms with E-state index in [2.05, 4.69) is 16.0 Å². The average Bonchev–Trinajstić information content (AvgIpc) is 3.34. The molecule has 0 spiro atoms. The molecule has 0 bridgehead atoms. The molecule has 0 aromatic heterocycles. The number of hydrogen-bond acceptors (Lipinski definition) is 3. The van der Waals surface area contributed by atoms with E-state index in [1.807, 2.05) is 11.8 Å². The number of carbonyl (C=O) groups excluding carboxylic acids is 3. The van der Waals surface area contributed by atoms with Crippen molar-refractivity contribution in [3.05, 3.63) is 29.8 Å². The minimum atomic E-state index is -0.444. The van der Waals surface area contributed by atoms with Crippen molar-refractivity contribution >= 4 is 23.5 Å². The van der Waals surface area contributed by atoms with Crippen LogP contribution in [0.5, 0.6) is 0 Å². The Morgan fingerprint density at radius 2 is 1.88 bits per heavy atom. The van der Waals surface area contributed by atoms with Crippen molar-refractivity contribution in [2.45, 2.75) is 38.3 Å². The second-order valence-corrected chi connectivity index (χ2v) is 6.14. The summed E-state index contributed by atoms with van der Waals surface area (Å²) in [6.07, 6.45) is 2.80. The zero-order chi connectivity index (χ0) is 17.1. The molecule has 3 rings (SSSR count). The molecule has 0 radical (unpaired) electrons. The van der Waals surface area contributed by atoms with Crippen molar-refractivity contribution in [1.82, 2.24) is 15.5 Å². The van der Waals surface area contributed by atoms with Gasteiger partial charge in [-0.05, 0) is 50.5 Å². The SMILES string of the molecule is CCNC(=O)c1ccc(NC(=O)NC2CCN(C3CC3)C2=O)cc1. The van der Waals surface area contributed by atoms with E-state index in [9.17, 15) is 14.4 Å². The lowest BCUT2D eigenvalue weighted by Crippen LogP contribution is -2.43. The first-order valence-corrected chi connectivity index (χ1v) is 8.34. The van der Waals surface area contributed by atoms with Crippen LogP contribution in [0.3, 0.4) is 0 Å². The Morgan fingerprint density at radius 3 is 2.50 bits per heavy atom. The highest BCUT2D eigenvalue weighted by molar-refractivity contribution is 5.96. The first-order valence-electron chi connectivity index (χ1n) is 8.34. The summed E-state index contributed by atoms with van der Waals surface area (Å²) in [5, 5.41) is 8.13. The monoisotopic (exact) mass is 330 g/mol. The van der Waals surface area contributed by atoms with Gasteiger partial charge in [0, 0.05) is 30.4 Å². The lowest BCUT2D eigenvalue weighted by atomic mass is 10.2. The van der Waals surface area contributed by atoms with Crippen LogP contribution in [0.25, 0.3) is 0 Å². The second kappa shape index (κ2) is 6.90. The average molecular weight is 330 g/mol. The topological polar surface area (TPSA) is 90.5 Å². The molecule has 1 saturated carbocycles. The summed E-state index contributed by atoms with van der Waals surface area (Å²) in [6.45, 7) is 3.14. The zero-order valence-electron chi connectivity index (χ0n) is 13.7. The number of benzene rings is 1. The van der Waals surface area contributed by atoms with E-state index >= 15 is 0 Å². The minimum absolute atomic E-state index is 0.0132. The van der Waals surface area contributed by atoms with Crippen molar-refractivity contribution in [2.75, 3.05) is 18.4 Å². The highest BCUT2D eigenvalue weighted by Gasteiger charge is 2.40. The molecule has 24 heavy (non-hydrogen) atoms. The predicted octanol–water partition coefficient (Wildman–Crippen LogP) is 1.32. The van der Waals surface area contributed by atoms with Crippen LogP contribution in [0.4, 0.5) is 10.5 Å². The molecular weight excluding hydrogens is 308 g/mol. The van der Waals surface area contributed by atoms with Crippen LogP contribution in [-0.2, 0) is 4.79 Å². The van der Waals surface area contributed by atoms with Gasteiger partial charge in [-0.15, -0.1) is 0 Å². The van der Waals surface area contributed by atoms with E-state index < -0.39 is 12.1 Å². The summed E-state index contributed by atoms with van der Waals surface area (Å²) in [5.74, 6) is -0.135. The van der Waals surface area contributed by atoms with Crippen LogP contribution in [0.1, 0.15) is 36.5 Å². The van der Waals surface area contributed by atoms with Crippen molar-refractivity contribution in [1.29, 1.82) is 0 Å². The van der Waals surface area contributed by atoms with Crippen molar-refractivity contribution in [3.8, 4) is 0 Å². The van der Waals surface area contributed by atoms with Gasteiger partial charge in [-0.3, -0.25) is 9.59 Å². The number of rotatable bonds is 5. The van der Waals surface area contributed by atoms with E-state index in [0.29, 0.717) is 30.3 Å². The third kappa shape index (κ3) is 3.67. The molecule has 128 valence electrons. The number of carbonyl (C=O) groups is 3. The van der Waals surface area contributed by atoms with Crippen LogP contribution in [0.2, 0.25) is 0 Å². The summed E-state index contributed by atoms with van der Waals surface area (Å²) < 4.78 is 0. The van der Waals surface area contributed by atoms with E-state index in [0.717, 1.165) is 19.4 Å². The van der Waals surface area contributed by atoms with E-state index in [1.165, 1.54) is 0 Å². The largest absolute Gasteiger partial charge is 0.352 e. The number of anilines is 1. The summed E-state index contributed by atoms with van der Waals surface area (Å²) in [4.78, 5) is 37.8. The predicted molar refractivity (Wildman–Crippen MR) is 89.7 cm³/mol. The van der Waals surface area contributed by atoms with Crippen LogP contribution in [0, 0.1) is 0 Å². The lowest BCUT2D eigenvalue weighted by molar-refractivity contribution is -0.129. The number of likely N-dealkylation sites (tertiary alicyclic amines) is 1. The first-order chi connectivity index (χ1) is 11.6. The highest BCUT2D eigenvalue weighted by Crippen LogP contribution is 2.30.